The number of hydrogen-bond acceptors (Lipinski definition) is 4. The van der Waals surface area contributed by atoms with E-state index in [0.29, 0.717) is 5.69 Å². The SMILES string of the molecule is COc1ccc(-n2c(C)cc(/C=C3\C(=O)N(C)C(=O)N(c4ccccc4)C3=O)c2C)cc1. The van der Waals surface area contributed by atoms with Crippen molar-refractivity contribution in [2.75, 3.05) is 19.1 Å². The van der Waals surface area contributed by atoms with Crippen LogP contribution in [0.5, 0.6) is 5.75 Å². The predicted octanol–water partition coefficient (Wildman–Crippen LogP) is 4.11. The molecule has 0 unspecified atom stereocenters. The Morgan fingerprint density at radius 3 is 2.12 bits per heavy atom. The number of rotatable bonds is 4. The fraction of sp³-hybridized carbons (Fsp3) is 0.160. The molecule has 1 saturated heterocycles. The third kappa shape index (κ3) is 3.47. The number of anilines is 1. The summed E-state index contributed by atoms with van der Waals surface area (Å²) >= 11 is 0. The Morgan fingerprint density at radius 2 is 1.50 bits per heavy atom. The molecule has 0 radical (unpaired) electrons. The number of urea groups is 1. The number of methoxy groups -OCH3 is 1. The van der Waals surface area contributed by atoms with Gasteiger partial charge in [0.05, 0.1) is 12.8 Å². The molecule has 4 rings (SSSR count). The van der Waals surface area contributed by atoms with Crippen molar-refractivity contribution in [3.05, 3.63) is 83.2 Å². The number of hydrogen-bond donors (Lipinski definition) is 0. The van der Waals surface area contributed by atoms with Crippen molar-refractivity contribution in [3.63, 3.8) is 0 Å². The summed E-state index contributed by atoms with van der Waals surface area (Å²) < 4.78 is 7.26. The van der Waals surface area contributed by atoms with Gasteiger partial charge < -0.3 is 9.30 Å². The van der Waals surface area contributed by atoms with Crippen LogP contribution < -0.4 is 9.64 Å². The predicted molar refractivity (Wildman–Crippen MR) is 122 cm³/mol. The largest absolute Gasteiger partial charge is 0.497 e. The Kier molecular flexibility index (Phi) is 5.40. The number of amides is 4. The van der Waals surface area contributed by atoms with Crippen LogP contribution in [0, 0.1) is 13.8 Å². The molecular weight excluding hydrogens is 406 g/mol. The van der Waals surface area contributed by atoms with Gasteiger partial charge in [-0.25, -0.2) is 9.69 Å². The third-order valence-corrected chi connectivity index (χ3v) is 5.56. The molecule has 4 amide bonds. The Labute approximate surface area is 186 Å². The number of benzene rings is 2. The molecule has 0 N–H and O–H groups in total. The van der Waals surface area contributed by atoms with Gasteiger partial charge in [0.15, 0.2) is 0 Å². The molecule has 1 aliphatic rings. The molecule has 162 valence electrons. The average molecular weight is 429 g/mol. The van der Waals surface area contributed by atoms with E-state index in [-0.39, 0.29) is 5.57 Å². The van der Waals surface area contributed by atoms with Gasteiger partial charge in [0.2, 0.25) is 0 Å². The number of imide groups is 2. The first-order valence-electron chi connectivity index (χ1n) is 10.1. The van der Waals surface area contributed by atoms with Gasteiger partial charge in [0.1, 0.15) is 11.3 Å². The van der Waals surface area contributed by atoms with Crippen LogP contribution in [-0.4, -0.2) is 41.5 Å². The van der Waals surface area contributed by atoms with Gasteiger partial charge in [-0.15, -0.1) is 0 Å². The first kappa shape index (κ1) is 21.1. The number of likely N-dealkylation sites (N-methyl/N-ethyl adjacent to an activating group) is 1. The number of barbiturate groups is 1. The van der Waals surface area contributed by atoms with Crippen LogP contribution in [0.15, 0.2) is 66.2 Å². The van der Waals surface area contributed by atoms with Gasteiger partial charge >= 0.3 is 6.03 Å². The number of carbonyl (C=O) groups excluding carboxylic acids is 3. The van der Waals surface area contributed by atoms with Crippen LogP contribution in [0.2, 0.25) is 0 Å². The van der Waals surface area contributed by atoms with Gasteiger partial charge in [-0.2, -0.15) is 0 Å². The molecular formula is C25H23N3O4. The first-order chi connectivity index (χ1) is 15.3. The molecule has 0 bridgehead atoms. The lowest BCUT2D eigenvalue weighted by atomic mass is 10.1. The monoisotopic (exact) mass is 429 g/mol. The highest BCUT2D eigenvalue weighted by Crippen LogP contribution is 2.28. The van der Waals surface area contributed by atoms with Crippen molar-refractivity contribution in [2.45, 2.75) is 13.8 Å². The van der Waals surface area contributed by atoms with Gasteiger partial charge in [0.25, 0.3) is 11.8 Å². The lowest BCUT2D eigenvalue weighted by Gasteiger charge is -2.31. The second kappa shape index (κ2) is 8.19. The summed E-state index contributed by atoms with van der Waals surface area (Å²) in [7, 11) is 2.99. The van der Waals surface area contributed by atoms with Crippen LogP contribution in [0.4, 0.5) is 10.5 Å². The third-order valence-electron chi connectivity index (χ3n) is 5.56. The summed E-state index contributed by atoms with van der Waals surface area (Å²) in [6, 6.07) is 17.4. The number of para-hydroxylation sites is 1. The standard InChI is InChI=1S/C25H23N3O4/c1-16-14-18(17(2)27(16)20-10-12-21(32-4)13-11-20)15-22-23(29)26(3)25(31)28(24(22)30)19-8-6-5-7-9-19/h5-15H,1-4H3/b22-15+. The van der Waals surface area contributed by atoms with E-state index in [0.717, 1.165) is 38.2 Å². The number of nitrogens with zero attached hydrogens (tertiary/aromatic N) is 3. The molecule has 1 fully saturated rings. The van der Waals surface area contributed by atoms with Crippen molar-refractivity contribution in [1.29, 1.82) is 0 Å². The normalized spacial score (nSPS) is 15.6. The Balaban J connectivity index is 1.78. The van der Waals surface area contributed by atoms with Crippen molar-refractivity contribution < 1.29 is 19.1 Å². The molecule has 0 spiro atoms. The highest BCUT2D eigenvalue weighted by molar-refractivity contribution is 6.39. The molecule has 1 aromatic heterocycles. The molecule has 3 aromatic rings. The molecule has 7 nitrogen and oxygen atoms in total. The molecule has 0 aliphatic carbocycles. The lowest BCUT2D eigenvalue weighted by Crippen LogP contribution is -2.55. The highest BCUT2D eigenvalue weighted by atomic mass is 16.5. The van der Waals surface area contributed by atoms with E-state index in [1.807, 2.05) is 48.7 Å². The van der Waals surface area contributed by atoms with E-state index in [2.05, 4.69) is 0 Å². The second-order valence-corrected chi connectivity index (χ2v) is 7.54. The van der Waals surface area contributed by atoms with Gasteiger partial charge in [0, 0.05) is 24.1 Å². The quantitative estimate of drug-likeness (QED) is 0.462. The van der Waals surface area contributed by atoms with Crippen LogP contribution in [0.25, 0.3) is 11.8 Å². The first-order valence-corrected chi connectivity index (χ1v) is 10.1. The van der Waals surface area contributed by atoms with Crippen LogP contribution in [0.3, 0.4) is 0 Å². The number of carbonyl (C=O) groups is 3. The number of aryl methyl sites for hydroxylation is 1. The van der Waals surface area contributed by atoms with Gasteiger partial charge in [-0.1, -0.05) is 18.2 Å². The molecule has 1 aliphatic heterocycles. The minimum Gasteiger partial charge on any atom is -0.497 e. The Hall–Kier alpha value is -4.13. The van der Waals surface area contributed by atoms with Crippen LogP contribution in [0.1, 0.15) is 17.0 Å². The zero-order chi connectivity index (χ0) is 23.0. The van der Waals surface area contributed by atoms with E-state index >= 15 is 0 Å². The molecule has 2 aromatic carbocycles. The van der Waals surface area contributed by atoms with Crippen molar-refractivity contribution >= 4 is 29.6 Å². The fourth-order valence-electron chi connectivity index (χ4n) is 3.86. The second-order valence-electron chi connectivity index (χ2n) is 7.54. The summed E-state index contributed by atoms with van der Waals surface area (Å²) in [6.07, 6.45) is 1.56. The summed E-state index contributed by atoms with van der Waals surface area (Å²) in [4.78, 5) is 40.7. The van der Waals surface area contributed by atoms with Gasteiger partial charge in [-0.3, -0.25) is 14.5 Å². The zero-order valence-corrected chi connectivity index (χ0v) is 18.3. The van der Waals surface area contributed by atoms with E-state index in [1.165, 1.54) is 7.05 Å². The molecule has 0 atom stereocenters. The van der Waals surface area contributed by atoms with E-state index in [1.54, 1.807) is 43.5 Å². The minimum atomic E-state index is -0.674. The highest BCUT2D eigenvalue weighted by Gasteiger charge is 2.41. The topological polar surface area (TPSA) is 71.8 Å². The average Bonchev–Trinajstić information content (AvgIpc) is 3.09. The summed E-state index contributed by atoms with van der Waals surface area (Å²) in [6.45, 7) is 3.88. The van der Waals surface area contributed by atoms with Crippen LogP contribution in [-0.2, 0) is 9.59 Å². The smallest absolute Gasteiger partial charge is 0.338 e. The zero-order valence-electron chi connectivity index (χ0n) is 18.3. The maximum Gasteiger partial charge on any atom is 0.338 e. The minimum absolute atomic E-state index is 0.0640. The summed E-state index contributed by atoms with van der Waals surface area (Å²) in [5.74, 6) is -0.509. The lowest BCUT2D eigenvalue weighted by molar-refractivity contribution is -0.128. The Morgan fingerprint density at radius 1 is 0.844 bits per heavy atom. The number of ether oxygens (including phenoxy) is 1. The maximum absolute atomic E-state index is 13.2. The maximum atomic E-state index is 13.2. The summed E-state index contributed by atoms with van der Waals surface area (Å²) in [5, 5.41) is 0. The molecule has 7 heteroatoms. The van der Waals surface area contributed by atoms with E-state index in [9.17, 15) is 14.4 Å². The molecule has 0 saturated carbocycles. The number of aromatic nitrogens is 1. The van der Waals surface area contributed by atoms with Gasteiger partial charge in [-0.05, 0) is 68.0 Å². The summed E-state index contributed by atoms with van der Waals surface area (Å²) in [5.41, 5.74) is 3.82. The van der Waals surface area contributed by atoms with Crippen molar-refractivity contribution in [3.8, 4) is 11.4 Å². The molecule has 2 heterocycles. The van der Waals surface area contributed by atoms with Crippen molar-refractivity contribution in [2.24, 2.45) is 0 Å². The van der Waals surface area contributed by atoms with E-state index < -0.39 is 17.8 Å². The van der Waals surface area contributed by atoms with E-state index in [4.69, 9.17) is 4.74 Å². The fourth-order valence-corrected chi connectivity index (χ4v) is 3.86. The molecule has 32 heavy (non-hydrogen) atoms. The van der Waals surface area contributed by atoms with Crippen LogP contribution >= 0.6 is 0 Å². The van der Waals surface area contributed by atoms with Crippen molar-refractivity contribution in [1.82, 2.24) is 9.47 Å². The Bertz CT molecular complexity index is 1240.